The van der Waals surface area contributed by atoms with E-state index in [0.29, 0.717) is 22.6 Å². The lowest BCUT2D eigenvalue weighted by Crippen LogP contribution is -2.35. The quantitative estimate of drug-likeness (QED) is 0.897. The number of nitrogen functional groups attached to an aromatic ring is 1. The maximum atomic E-state index is 6.59. The molecule has 138 valence electrons. The largest absolute Gasteiger partial charge is 0.393 e. The summed E-state index contributed by atoms with van der Waals surface area (Å²) in [5, 5.41) is 0. The van der Waals surface area contributed by atoms with E-state index in [-0.39, 0.29) is 0 Å². The fourth-order valence-corrected chi connectivity index (χ4v) is 5.35. The molecule has 2 atom stereocenters. The van der Waals surface area contributed by atoms with Crippen molar-refractivity contribution >= 4 is 23.0 Å². The van der Waals surface area contributed by atoms with E-state index in [9.17, 15) is 0 Å². The molecule has 2 bridgehead atoms. The van der Waals surface area contributed by atoms with Crippen LogP contribution in [-0.2, 0) is 0 Å². The molecule has 1 aromatic carbocycles. The monoisotopic (exact) mass is 351 g/mol. The van der Waals surface area contributed by atoms with E-state index >= 15 is 0 Å². The molecule has 0 spiro atoms. The molecule has 2 fully saturated rings. The van der Waals surface area contributed by atoms with E-state index in [4.69, 9.17) is 5.73 Å². The van der Waals surface area contributed by atoms with Crippen LogP contribution in [0.5, 0.6) is 0 Å². The predicted octanol–water partition coefficient (Wildman–Crippen LogP) is 4.23. The van der Waals surface area contributed by atoms with Crippen molar-refractivity contribution in [3.8, 4) is 0 Å². The minimum absolute atomic E-state index is 0.343. The molecule has 0 radical (unpaired) electrons. The molecule has 1 aliphatic heterocycles. The van der Waals surface area contributed by atoms with E-state index in [1.54, 1.807) is 6.33 Å². The summed E-state index contributed by atoms with van der Waals surface area (Å²) in [5.41, 5.74) is 9.04. The second-order valence-corrected chi connectivity index (χ2v) is 9.17. The maximum absolute atomic E-state index is 6.59. The van der Waals surface area contributed by atoms with Gasteiger partial charge in [0.15, 0.2) is 11.6 Å². The van der Waals surface area contributed by atoms with E-state index in [0.717, 1.165) is 23.9 Å². The number of fused-ring (bicyclic) bond motifs is 2. The van der Waals surface area contributed by atoms with Crippen LogP contribution in [0.2, 0.25) is 0 Å². The van der Waals surface area contributed by atoms with Gasteiger partial charge in [-0.2, -0.15) is 0 Å². The number of hydrogen-bond acceptors (Lipinski definition) is 5. The summed E-state index contributed by atoms with van der Waals surface area (Å²) >= 11 is 0. The fraction of sp³-hybridized carbons (Fsp3) is 0.524. The molecule has 26 heavy (non-hydrogen) atoms. The Morgan fingerprint density at radius 2 is 1.85 bits per heavy atom. The van der Waals surface area contributed by atoms with Gasteiger partial charge in [0.1, 0.15) is 12.0 Å². The Balaban J connectivity index is 1.69. The third kappa shape index (κ3) is 2.89. The number of nitrogens with two attached hydrogens (primary N) is 1. The minimum atomic E-state index is 0.343. The van der Waals surface area contributed by atoms with Crippen LogP contribution in [0.3, 0.4) is 0 Å². The first-order chi connectivity index (χ1) is 12.3. The summed E-state index contributed by atoms with van der Waals surface area (Å²) in [6.07, 6.45) is 5.32. The lowest BCUT2D eigenvalue weighted by Gasteiger charge is -2.39. The number of benzene rings is 1. The fourth-order valence-electron chi connectivity index (χ4n) is 5.35. The van der Waals surface area contributed by atoms with Gasteiger partial charge in [0.05, 0.1) is 0 Å². The van der Waals surface area contributed by atoms with Gasteiger partial charge in [-0.05, 0) is 42.2 Å². The van der Waals surface area contributed by atoms with Gasteiger partial charge in [0.25, 0.3) is 0 Å². The predicted molar refractivity (Wildman–Crippen MR) is 108 cm³/mol. The highest BCUT2D eigenvalue weighted by Crippen LogP contribution is 2.54. The Morgan fingerprint density at radius 3 is 2.58 bits per heavy atom. The zero-order valence-corrected chi connectivity index (χ0v) is 16.2. The summed E-state index contributed by atoms with van der Waals surface area (Å²) in [5.74, 6) is 1.66. The van der Waals surface area contributed by atoms with Gasteiger partial charge in [0, 0.05) is 25.3 Å². The van der Waals surface area contributed by atoms with Crippen LogP contribution < -0.4 is 15.5 Å². The van der Waals surface area contributed by atoms with Gasteiger partial charge in [-0.3, -0.25) is 0 Å². The second kappa shape index (κ2) is 5.86. The molecule has 0 amide bonds. The number of para-hydroxylation sites is 1. The van der Waals surface area contributed by atoms with E-state index < -0.39 is 0 Å². The van der Waals surface area contributed by atoms with Gasteiger partial charge in [-0.25, -0.2) is 9.97 Å². The topological polar surface area (TPSA) is 58.3 Å². The van der Waals surface area contributed by atoms with Crippen molar-refractivity contribution in [2.45, 2.75) is 46.1 Å². The molecule has 1 saturated carbocycles. The Labute approximate surface area is 156 Å². The van der Waals surface area contributed by atoms with Gasteiger partial charge < -0.3 is 15.5 Å². The summed E-state index contributed by atoms with van der Waals surface area (Å²) in [4.78, 5) is 13.6. The molecule has 5 nitrogen and oxygen atoms in total. The van der Waals surface area contributed by atoms with Crippen LogP contribution in [0.4, 0.5) is 23.0 Å². The number of nitrogens with zero attached hydrogens (tertiary/aromatic N) is 4. The van der Waals surface area contributed by atoms with Crippen molar-refractivity contribution in [1.29, 1.82) is 0 Å². The first-order valence-corrected chi connectivity index (χ1v) is 9.44. The van der Waals surface area contributed by atoms with Crippen molar-refractivity contribution in [2.24, 2.45) is 10.8 Å². The van der Waals surface area contributed by atoms with Crippen molar-refractivity contribution in [2.75, 3.05) is 29.1 Å². The first kappa shape index (κ1) is 17.1. The number of rotatable bonds is 3. The van der Waals surface area contributed by atoms with E-state index in [1.807, 2.05) is 30.1 Å². The van der Waals surface area contributed by atoms with Crippen LogP contribution in [0.15, 0.2) is 36.7 Å². The second-order valence-electron chi connectivity index (χ2n) is 9.17. The average Bonchev–Trinajstić information content (AvgIpc) is 2.84. The molecular formula is C21H29N5. The summed E-state index contributed by atoms with van der Waals surface area (Å²) in [7, 11) is 2.00. The molecule has 2 heterocycles. The Kier molecular flexibility index (Phi) is 3.86. The normalized spacial score (nSPS) is 26.8. The zero-order chi connectivity index (χ0) is 18.5. The highest BCUT2D eigenvalue weighted by molar-refractivity contribution is 5.79. The van der Waals surface area contributed by atoms with Crippen molar-refractivity contribution in [3.63, 3.8) is 0 Å². The smallest absolute Gasteiger partial charge is 0.161 e. The molecule has 4 rings (SSSR count). The lowest BCUT2D eigenvalue weighted by molar-refractivity contribution is 0.136. The van der Waals surface area contributed by atoms with Crippen molar-refractivity contribution < 1.29 is 0 Å². The third-order valence-corrected chi connectivity index (χ3v) is 5.99. The summed E-state index contributed by atoms with van der Waals surface area (Å²) in [6.45, 7) is 8.21. The summed E-state index contributed by atoms with van der Waals surface area (Å²) < 4.78 is 0. The van der Waals surface area contributed by atoms with Gasteiger partial charge >= 0.3 is 0 Å². The minimum Gasteiger partial charge on any atom is -0.393 e. The highest BCUT2D eigenvalue weighted by Gasteiger charge is 2.50. The van der Waals surface area contributed by atoms with Crippen LogP contribution in [0, 0.1) is 10.8 Å². The van der Waals surface area contributed by atoms with Crippen LogP contribution >= 0.6 is 0 Å². The van der Waals surface area contributed by atoms with E-state index in [1.165, 1.54) is 19.3 Å². The van der Waals surface area contributed by atoms with E-state index in [2.05, 4.69) is 47.8 Å². The van der Waals surface area contributed by atoms with Crippen LogP contribution in [0.25, 0.3) is 0 Å². The number of aromatic nitrogens is 2. The SMILES string of the molecule is CN(c1ccccc1)c1ncnc(N2CC3(C)CC2CC(C)(C)C3)c1N. The molecule has 2 aromatic rings. The third-order valence-electron chi connectivity index (χ3n) is 5.99. The standard InChI is InChI=1S/C21H29N5/c1-20(2)10-16-11-21(3,12-20)13-26(16)19-17(22)18(23-14-24-19)25(4)15-8-6-5-7-9-15/h5-9,14,16H,10-13,22H2,1-4H3. The Morgan fingerprint density at radius 1 is 1.12 bits per heavy atom. The van der Waals surface area contributed by atoms with Gasteiger partial charge in [-0.15, -0.1) is 0 Å². The van der Waals surface area contributed by atoms with Crippen molar-refractivity contribution in [1.82, 2.24) is 9.97 Å². The average molecular weight is 351 g/mol. The maximum Gasteiger partial charge on any atom is 0.161 e. The molecular weight excluding hydrogens is 322 g/mol. The molecule has 1 aliphatic carbocycles. The molecule has 2 unspecified atom stereocenters. The molecule has 1 aromatic heterocycles. The lowest BCUT2D eigenvalue weighted by atomic mass is 9.65. The zero-order valence-electron chi connectivity index (χ0n) is 16.2. The summed E-state index contributed by atoms with van der Waals surface area (Å²) in [6, 6.07) is 10.7. The Hall–Kier alpha value is -2.30. The van der Waals surface area contributed by atoms with Crippen LogP contribution in [0.1, 0.15) is 40.0 Å². The molecule has 2 N–H and O–H groups in total. The molecule has 1 saturated heterocycles. The molecule has 2 aliphatic rings. The number of anilines is 4. The Bertz CT molecular complexity index is 803. The van der Waals surface area contributed by atoms with Crippen LogP contribution in [-0.4, -0.2) is 29.6 Å². The number of hydrogen-bond donors (Lipinski definition) is 1. The first-order valence-electron chi connectivity index (χ1n) is 9.44. The van der Waals surface area contributed by atoms with Gasteiger partial charge in [-0.1, -0.05) is 39.0 Å². The van der Waals surface area contributed by atoms with Crippen molar-refractivity contribution in [3.05, 3.63) is 36.7 Å². The van der Waals surface area contributed by atoms with Gasteiger partial charge in [0.2, 0.25) is 0 Å². The highest BCUT2D eigenvalue weighted by atomic mass is 15.3. The molecule has 5 heteroatoms.